The number of benzene rings is 1. The van der Waals surface area contributed by atoms with E-state index in [0.29, 0.717) is 12.8 Å². The van der Waals surface area contributed by atoms with E-state index in [1.165, 1.54) is 0 Å². The number of amidine groups is 1. The highest BCUT2D eigenvalue weighted by Gasteiger charge is 2.64. The van der Waals surface area contributed by atoms with E-state index in [1.54, 1.807) is 0 Å². The van der Waals surface area contributed by atoms with Crippen LogP contribution in [0.15, 0.2) is 40.5 Å². The molecule has 2 heterocycles. The first-order chi connectivity index (χ1) is 9.47. The lowest BCUT2D eigenvalue weighted by atomic mass is 9.81. The third-order valence-electron chi connectivity index (χ3n) is 4.12. The van der Waals surface area contributed by atoms with Crippen LogP contribution in [0.2, 0.25) is 0 Å². The van der Waals surface area contributed by atoms with Crippen LogP contribution in [0.1, 0.15) is 18.9 Å². The Bertz CT molecular complexity index is 582. The molecule has 1 aromatic rings. The number of fused-ring (bicyclic) bond motifs is 1. The van der Waals surface area contributed by atoms with Gasteiger partial charge in [0.1, 0.15) is 5.84 Å². The third kappa shape index (κ3) is 1.73. The number of hydrogen-bond acceptors (Lipinski definition) is 5. The van der Waals surface area contributed by atoms with Crippen molar-refractivity contribution in [3.05, 3.63) is 35.9 Å². The molecule has 0 bridgehead atoms. The first-order valence-corrected chi connectivity index (χ1v) is 6.72. The molecule has 0 spiro atoms. The zero-order valence-corrected chi connectivity index (χ0v) is 12.0. The Morgan fingerprint density at radius 1 is 1.30 bits per heavy atom. The Morgan fingerprint density at radius 3 is 2.65 bits per heavy atom. The molecule has 3 rings (SSSR count). The average Bonchev–Trinajstić information content (AvgIpc) is 2.83. The lowest BCUT2D eigenvalue weighted by Crippen LogP contribution is -2.53. The number of aliphatic imine (C=N–C) groups is 1. The molecule has 5 nitrogen and oxygen atoms in total. The summed E-state index contributed by atoms with van der Waals surface area (Å²) in [6, 6.07) is 10.0. The molecule has 2 atom stereocenters. The van der Waals surface area contributed by atoms with Gasteiger partial charge in [0.05, 0.1) is 12.1 Å². The van der Waals surface area contributed by atoms with Crippen molar-refractivity contribution in [3.63, 3.8) is 0 Å². The summed E-state index contributed by atoms with van der Waals surface area (Å²) in [6.45, 7) is 1.86. The summed E-state index contributed by atoms with van der Waals surface area (Å²) in [6.07, 6.45) is 0.935. The summed E-state index contributed by atoms with van der Waals surface area (Å²) in [7, 11) is 3.85. The molecule has 5 heteroatoms. The van der Waals surface area contributed by atoms with E-state index >= 15 is 0 Å². The zero-order chi connectivity index (χ0) is 14.4. The third-order valence-corrected chi connectivity index (χ3v) is 4.12. The van der Waals surface area contributed by atoms with Crippen molar-refractivity contribution < 1.29 is 9.94 Å². The van der Waals surface area contributed by atoms with E-state index in [4.69, 9.17) is 9.83 Å². The molecule has 0 radical (unpaired) electrons. The highest BCUT2D eigenvalue weighted by atomic mass is 16.7. The maximum Gasteiger partial charge on any atom is 0.272 e. The normalized spacial score (nSPS) is 31.4. The SMILES string of the molecule is CC1=NO[C@@]2(O)CC(N(C)C)=N[C@]12Cc1ccccc1. The fraction of sp³-hybridized carbons (Fsp3) is 0.467. The molecule has 2 aliphatic heterocycles. The summed E-state index contributed by atoms with van der Waals surface area (Å²) >= 11 is 0. The largest absolute Gasteiger partial charge is 0.366 e. The first-order valence-electron chi connectivity index (χ1n) is 6.72. The maximum atomic E-state index is 10.9. The maximum absolute atomic E-state index is 10.9. The number of oxime groups is 1. The minimum absolute atomic E-state index is 0.355. The van der Waals surface area contributed by atoms with Crippen molar-refractivity contribution in [3.8, 4) is 0 Å². The quantitative estimate of drug-likeness (QED) is 0.886. The van der Waals surface area contributed by atoms with Gasteiger partial charge in [-0.25, -0.2) is 0 Å². The van der Waals surface area contributed by atoms with Crippen LogP contribution in [-0.4, -0.2) is 47.0 Å². The van der Waals surface area contributed by atoms with Gasteiger partial charge in [0, 0.05) is 20.5 Å². The molecule has 2 aliphatic rings. The molecular formula is C15H19N3O2. The minimum atomic E-state index is -1.37. The number of aliphatic hydroxyl groups is 1. The predicted octanol–water partition coefficient (Wildman–Crippen LogP) is 1.43. The second kappa shape index (κ2) is 4.31. The van der Waals surface area contributed by atoms with Gasteiger partial charge in [0.25, 0.3) is 5.79 Å². The Hall–Kier alpha value is -1.88. The predicted molar refractivity (Wildman–Crippen MR) is 77.8 cm³/mol. The van der Waals surface area contributed by atoms with Crippen molar-refractivity contribution in [1.82, 2.24) is 4.90 Å². The highest BCUT2D eigenvalue weighted by Crippen LogP contribution is 2.45. The second-order valence-electron chi connectivity index (χ2n) is 5.67. The van der Waals surface area contributed by atoms with E-state index in [9.17, 15) is 5.11 Å². The van der Waals surface area contributed by atoms with Crippen molar-refractivity contribution >= 4 is 11.5 Å². The van der Waals surface area contributed by atoms with Crippen LogP contribution in [0.25, 0.3) is 0 Å². The molecule has 0 fully saturated rings. The van der Waals surface area contributed by atoms with Gasteiger partial charge < -0.3 is 14.8 Å². The van der Waals surface area contributed by atoms with Gasteiger partial charge in [0.2, 0.25) is 0 Å². The van der Waals surface area contributed by atoms with Gasteiger partial charge in [0.15, 0.2) is 5.54 Å². The van der Waals surface area contributed by atoms with Crippen molar-refractivity contribution in [2.75, 3.05) is 14.1 Å². The lowest BCUT2D eigenvalue weighted by molar-refractivity contribution is -0.202. The van der Waals surface area contributed by atoms with E-state index in [1.807, 2.05) is 56.3 Å². The van der Waals surface area contributed by atoms with Crippen LogP contribution >= 0.6 is 0 Å². The fourth-order valence-corrected chi connectivity index (χ4v) is 2.85. The standard InChI is InChI=1S/C15H19N3O2/c1-11-14(9-12-7-5-4-6-8-12)15(19,20-17-11)10-13(16-14)18(2)3/h4-8,19H,9-10H2,1-3H3/t14-,15+/m1/s1. The molecule has 0 saturated heterocycles. The second-order valence-corrected chi connectivity index (χ2v) is 5.67. The van der Waals surface area contributed by atoms with Crippen molar-refractivity contribution in [2.24, 2.45) is 10.1 Å². The van der Waals surface area contributed by atoms with Gasteiger partial charge >= 0.3 is 0 Å². The summed E-state index contributed by atoms with van der Waals surface area (Å²) in [5.74, 6) is -0.537. The van der Waals surface area contributed by atoms with E-state index < -0.39 is 11.3 Å². The molecule has 1 N–H and O–H groups in total. The van der Waals surface area contributed by atoms with Crippen molar-refractivity contribution in [1.29, 1.82) is 0 Å². The van der Waals surface area contributed by atoms with Crippen LogP contribution in [0.3, 0.4) is 0 Å². The Labute approximate surface area is 118 Å². The number of nitrogens with zero attached hydrogens (tertiary/aromatic N) is 3. The van der Waals surface area contributed by atoms with Crippen molar-refractivity contribution in [2.45, 2.75) is 31.1 Å². The van der Waals surface area contributed by atoms with Crippen LogP contribution in [0.4, 0.5) is 0 Å². The molecule has 106 valence electrons. The highest BCUT2D eigenvalue weighted by molar-refractivity contribution is 6.00. The molecular weight excluding hydrogens is 254 g/mol. The number of hydrogen-bond donors (Lipinski definition) is 1. The molecule has 1 aromatic carbocycles. The smallest absolute Gasteiger partial charge is 0.272 e. The minimum Gasteiger partial charge on any atom is -0.366 e. The van der Waals surface area contributed by atoms with Crippen LogP contribution < -0.4 is 0 Å². The van der Waals surface area contributed by atoms with E-state index in [0.717, 1.165) is 17.1 Å². The van der Waals surface area contributed by atoms with Gasteiger partial charge in [-0.1, -0.05) is 35.5 Å². The molecule has 0 unspecified atom stereocenters. The Morgan fingerprint density at radius 2 is 2.00 bits per heavy atom. The molecule has 0 saturated carbocycles. The fourth-order valence-electron chi connectivity index (χ4n) is 2.85. The molecule has 0 aliphatic carbocycles. The van der Waals surface area contributed by atoms with Gasteiger partial charge in [-0.2, -0.15) is 0 Å². The number of rotatable bonds is 2. The van der Waals surface area contributed by atoms with Crippen LogP contribution in [0.5, 0.6) is 0 Å². The summed E-state index contributed by atoms with van der Waals surface area (Å²) in [5, 5.41) is 14.9. The van der Waals surface area contributed by atoms with Gasteiger partial charge in [-0.3, -0.25) is 4.99 Å². The lowest BCUT2D eigenvalue weighted by Gasteiger charge is -2.31. The summed E-state index contributed by atoms with van der Waals surface area (Å²) < 4.78 is 0. The Kier molecular flexibility index (Phi) is 2.83. The van der Waals surface area contributed by atoms with Gasteiger partial charge in [-0.05, 0) is 12.5 Å². The topological polar surface area (TPSA) is 57.4 Å². The van der Waals surface area contributed by atoms with E-state index in [2.05, 4.69) is 5.16 Å². The molecule has 20 heavy (non-hydrogen) atoms. The molecule has 0 aromatic heterocycles. The Balaban J connectivity index is 2.04. The van der Waals surface area contributed by atoms with Crippen LogP contribution in [-0.2, 0) is 11.3 Å². The van der Waals surface area contributed by atoms with Crippen LogP contribution in [0, 0.1) is 0 Å². The summed E-state index contributed by atoms with van der Waals surface area (Å²) in [4.78, 5) is 12.0. The van der Waals surface area contributed by atoms with Gasteiger partial charge in [-0.15, -0.1) is 0 Å². The first kappa shape index (κ1) is 13.1. The molecule has 0 amide bonds. The van der Waals surface area contributed by atoms with E-state index in [-0.39, 0.29) is 0 Å². The zero-order valence-electron chi connectivity index (χ0n) is 12.0. The summed E-state index contributed by atoms with van der Waals surface area (Å²) in [5.41, 5.74) is 1.02. The monoisotopic (exact) mass is 273 g/mol. The average molecular weight is 273 g/mol.